The van der Waals surface area contributed by atoms with Crippen LogP contribution in [0.3, 0.4) is 0 Å². The van der Waals surface area contributed by atoms with E-state index in [9.17, 15) is 9.59 Å². The summed E-state index contributed by atoms with van der Waals surface area (Å²) in [5.74, 6) is 0.389. The quantitative estimate of drug-likeness (QED) is 0.402. The monoisotopic (exact) mass is 433 g/mol. The number of hydrogen-bond acceptors (Lipinski definition) is 5. The number of anilines is 2. The van der Waals surface area contributed by atoms with Gasteiger partial charge in [-0.2, -0.15) is 0 Å². The normalized spacial score (nSPS) is 10.3. The zero-order chi connectivity index (χ0) is 22.6. The summed E-state index contributed by atoms with van der Waals surface area (Å²) in [7, 11) is 1.58. The summed E-state index contributed by atoms with van der Waals surface area (Å²) in [6.45, 7) is 1.52. The number of benzene rings is 3. The van der Waals surface area contributed by atoms with Crippen LogP contribution in [0, 0.1) is 0 Å². The van der Waals surface area contributed by atoms with E-state index in [1.165, 1.54) is 0 Å². The van der Waals surface area contributed by atoms with Gasteiger partial charge < -0.3 is 25.4 Å². The van der Waals surface area contributed by atoms with Crippen molar-refractivity contribution < 1.29 is 19.1 Å². The zero-order valence-corrected chi connectivity index (χ0v) is 18.0. The molecule has 0 unspecified atom stereocenters. The first-order valence-electron chi connectivity index (χ1n) is 10.3. The fourth-order valence-corrected chi connectivity index (χ4v) is 2.87. The highest BCUT2D eigenvalue weighted by Gasteiger charge is 2.07. The maximum atomic E-state index is 12.2. The predicted molar refractivity (Wildman–Crippen MR) is 125 cm³/mol. The van der Waals surface area contributed by atoms with Crippen LogP contribution in [0.4, 0.5) is 11.4 Å². The van der Waals surface area contributed by atoms with Gasteiger partial charge in [-0.3, -0.25) is 9.59 Å². The van der Waals surface area contributed by atoms with Crippen LogP contribution in [0.2, 0.25) is 0 Å². The largest absolute Gasteiger partial charge is 0.489 e. The second-order valence-corrected chi connectivity index (χ2v) is 7.03. The van der Waals surface area contributed by atoms with Crippen molar-refractivity contribution >= 4 is 23.2 Å². The van der Waals surface area contributed by atoms with E-state index in [2.05, 4.69) is 16.0 Å². The first kappa shape index (κ1) is 22.8. The second-order valence-electron chi connectivity index (χ2n) is 7.03. The Morgan fingerprint density at radius 2 is 1.53 bits per heavy atom. The van der Waals surface area contributed by atoms with Gasteiger partial charge in [0.15, 0.2) is 0 Å². The van der Waals surface area contributed by atoms with Gasteiger partial charge in [0.1, 0.15) is 12.4 Å². The van der Waals surface area contributed by atoms with E-state index in [-0.39, 0.29) is 18.4 Å². The van der Waals surface area contributed by atoms with Crippen molar-refractivity contribution in [3.05, 3.63) is 90.0 Å². The zero-order valence-electron chi connectivity index (χ0n) is 18.0. The molecule has 0 aliphatic heterocycles. The summed E-state index contributed by atoms with van der Waals surface area (Å²) in [6, 6.07) is 24.1. The molecule has 0 aliphatic carbocycles. The maximum Gasteiger partial charge on any atom is 0.251 e. The van der Waals surface area contributed by atoms with E-state index in [4.69, 9.17) is 9.47 Å². The third-order valence-electron chi connectivity index (χ3n) is 4.58. The Morgan fingerprint density at radius 3 is 2.22 bits per heavy atom. The lowest BCUT2D eigenvalue weighted by Gasteiger charge is -2.10. The molecule has 3 aromatic rings. The maximum absolute atomic E-state index is 12.2. The van der Waals surface area contributed by atoms with Crippen LogP contribution in [-0.4, -0.2) is 38.6 Å². The number of ether oxygens (including phenoxy) is 2. The molecule has 7 nitrogen and oxygen atoms in total. The van der Waals surface area contributed by atoms with E-state index in [1.54, 1.807) is 31.4 Å². The minimum atomic E-state index is -0.188. The van der Waals surface area contributed by atoms with Gasteiger partial charge in [0, 0.05) is 30.6 Å². The number of methoxy groups -OCH3 is 1. The summed E-state index contributed by atoms with van der Waals surface area (Å²) in [5, 5.41) is 8.63. The smallest absolute Gasteiger partial charge is 0.251 e. The number of carbonyl (C=O) groups excluding carboxylic acids is 2. The Hall–Kier alpha value is -3.84. The van der Waals surface area contributed by atoms with Crippen molar-refractivity contribution in [2.75, 3.05) is 37.4 Å². The average molecular weight is 434 g/mol. The van der Waals surface area contributed by atoms with Crippen LogP contribution in [0.5, 0.6) is 5.75 Å². The third-order valence-corrected chi connectivity index (χ3v) is 4.58. The number of amides is 2. The molecule has 0 fully saturated rings. The van der Waals surface area contributed by atoms with Crippen molar-refractivity contribution in [1.29, 1.82) is 0 Å². The molecule has 3 aromatic carbocycles. The van der Waals surface area contributed by atoms with Crippen molar-refractivity contribution in [2.45, 2.75) is 6.61 Å². The van der Waals surface area contributed by atoms with Crippen molar-refractivity contribution in [2.24, 2.45) is 0 Å². The fraction of sp³-hybridized carbons (Fsp3) is 0.200. The summed E-state index contributed by atoms with van der Waals surface area (Å²) < 4.78 is 10.7. The molecule has 3 rings (SSSR count). The summed E-state index contributed by atoms with van der Waals surface area (Å²) >= 11 is 0. The first-order valence-corrected chi connectivity index (χ1v) is 10.3. The number of rotatable bonds is 11. The molecule has 0 aromatic heterocycles. The van der Waals surface area contributed by atoms with Gasteiger partial charge in [-0.15, -0.1) is 0 Å². The molecule has 2 amide bonds. The molecule has 0 saturated carbocycles. The van der Waals surface area contributed by atoms with Gasteiger partial charge in [0.25, 0.3) is 5.91 Å². The molecule has 0 atom stereocenters. The average Bonchev–Trinajstić information content (AvgIpc) is 2.83. The number of nitrogens with one attached hydrogen (secondary N) is 3. The summed E-state index contributed by atoms with van der Waals surface area (Å²) in [5.41, 5.74) is 3.06. The lowest BCUT2D eigenvalue weighted by Crippen LogP contribution is -2.27. The number of carbonyl (C=O) groups is 2. The van der Waals surface area contributed by atoms with Crippen molar-refractivity contribution in [3.8, 4) is 5.75 Å². The molecule has 0 saturated heterocycles. The highest BCUT2D eigenvalue weighted by Crippen LogP contribution is 2.17. The van der Waals surface area contributed by atoms with Crippen molar-refractivity contribution in [3.63, 3.8) is 0 Å². The predicted octanol–water partition coefficient (Wildman–Crippen LogP) is 3.69. The molecule has 0 radical (unpaired) electrons. The number of hydrogen-bond donors (Lipinski definition) is 3. The van der Waals surface area contributed by atoms with E-state index < -0.39 is 0 Å². The van der Waals surface area contributed by atoms with Gasteiger partial charge in [-0.1, -0.05) is 30.3 Å². The topological polar surface area (TPSA) is 88.7 Å². The molecule has 32 heavy (non-hydrogen) atoms. The summed E-state index contributed by atoms with van der Waals surface area (Å²) in [4.78, 5) is 24.2. The highest BCUT2D eigenvalue weighted by atomic mass is 16.5. The van der Waals surface area contributed by atoms with Crippen LogP contribution in [-0.2, 0) is 16.1 Å². The van der Waals surface area contributed by atoms with E-state index in [1.807, 2.05) is 54.6 Å². The molecule has 0 bridgehead atoms. The molecular formula is C25H27N3O4. The van der Waals surface area contributed by atoms with Crippen LogP contribution >= 0.6 is 0 Å². The Balaban J connectivity index is 1.41. The van der Waals surface area contributed by atoms with Gasteiger partial charge >= 0.3 is 0 Å². The van der Waals surface area contributed by atoms with Crippen LogP contribution in [0.25, 0.3) is 0 Å². The highest BCUT2D eigenvalue weighted by molar-refractivity contribution is 5.96. The molecule has 0 heterocycles. The molecule has 7 heteroatoms. The minimum Gasteiger partial charge on any atom is -0.489 e. The Labute approximate surface area is 187 Å². The molecule has 0 spiro atoms. The Bertz CT molecular complexity index is 990. The van der Waals surface area contributed by atoms with Crippen LogP contribution in [0.15, 0.2) is 78.9 Å². The van der Waals surface area contributed by atoms with Gasteiger partial charge in [0.05, 0.1) is 13.2 Å². The minimum absolute atomic E-state index is 0.115. The Morgan fingerprint density at radius 1 is 0.844 bits per heavy atom. The van der Waals surface area contributed by atoms with E-state index in [0.29, 0.717) is 31.0 Å². The summed E-state index contributed by atoms with van der Waals surface area (Å²) in [6.07, 6.45) is 0. The van der Waals surface area contributed by atoms with Crippen molar-refractivity contribution in [1.82, 2.24) is 5.32 Å². The third kappa shape index (κ3) is 7.45. The van der Waals surface area contributed by atoms with Crippen LogP contribution in [0.1, 0.15) is 15.9 Å². The van der Waals surface area contributed by atoms with Gasteiger partial charge in [-0.25, -0.2) is 0 Å². The lowest BCUT2D eigenvalue weighted by molar-refractivity contribution is -0.114. The fourth-order valence-electron chi connectivity index (χ4n) is 2.87. The standard InChI is InChI=1S/C25H27N3O4/c1-31-16-15-26-25(30)20-7-9-22(10-8-20)28-24(29)17-27-21-11-13-23(14-12-21)32-18-19-5-3-2-4-6-19/h2-14,27H,15-18H2,1H3,(H,26,30)(H,28,29). The van der Waals surface area contributed by atoms with Gasteiger partial charge in [-0.05, 0) is 54.1 Å². The SMILES string of the molecule is COCCNC(=O)c1ccc(NC(=O)CNc2ccc(OCc3ccccc3)cc2)cc1. The first-order chi connectivity index (χ1) is 15.6. The van der Waals surface area contributed by atoms with E-state index >= 15 is 0 Å². The molecule has 3 N–H and O–H groups in total. The Kier molecular flexibility index (Phi) is 8.65. The molecule has 166 valence electrons. The second kappa shape index (κ2) is 12.1. The van der Waals surface area contributed by atoms with Crippen LogP contribution < -0.4 is 20.7 Å². The van der Waals surface area contributed by atoms with E-state index in [0.717, 1.165) is 17.0 Å². The molecular weight excluding hydrogens is 406 g/mol. The molecule has 0 aliphatic rings. The lowest BCUT2D eigenvalue weighted by atomic mass is 10.2. The van der Waals surface area contributed by atoms with Gasteiger partial charge in [0.2, 0.25) is 5.91 Å².